The molecule has 2 amide bonds. The van der Waals surface area contributed by atoms with Crippen LogP contribution in [-0.2, 0) is 11.3 Å². The number of anilines is 2. The lowest BCUT2D eigenvalue weighted by Crippen LogP contribution is -2.42. The van der Waals surface area contributed by atoms with E-state index >= 15 is 0 Å². The van der Waals surface area contributed by atoms with Crippen LogP contribution in [0.4, 0.5) is 38.3 Å². The van der Waals surface area contributed by atoms with Crippen molar-refractivity contribution in [3.05, 3.63) is 65.8 Å². The molecule has 0 radical (unpaired) electrons. The first-order chi connectivity index (χ1) is 20.1. The van der Waals surface area contributed by atoms with Crippen molar-refractivity contribution >= 4 is 23.5 Å². The summed E-state index contributed by atoms with van der Waals surface area (Å²) < 4.78 is 77.2. The van der Waals surface area contributed by atoms with Gasteiger partial charge in [0.2, 0.25) is 5.89 Å². The quantitative estimate of drug-likeness (QED) is 0.203. The number of carbonyl (C=O) groups is 2. The molecular formula is C27H25F5N6O5. The Labute approximate surface area is 240 Å². The number of halogens is 5. The number of carbonyl (C=O) groups excluding carboxylic acids is 2. The van der Waals surface area contributed by atoms with Gasteiger partial charge in [-0.15, -0.1) is 0 Å². The van der Waals surface area contributed by atoms with Crippen LogP contribution in [0, 0.1) is 0 Å². The van der Waals surface area contributed by atoms with E-state index in [1.54, 1.807) is 0 Å². The molecule has 0 saturated heterocycles. The summed E-state index contributed by atoms with van der Waals surface area (Å²) in [5.74, 6) is -1.34. The molecule has 1 aromatic carbocycles. The van der Waals surface area contributed by atoms with Gasteiger partial charge in [-0.3, -0.25) is 14.8 Å². The summed E-state index contributed by atoms with van der Waals surface area (Å²) in [4.78, 5) is 33.8. The minimum atomic E-state index is -4.77. The summed E-state index contributed by atoms with van der Waals surface area (Å²) >= 11 is 0. The maximum Gasteiger partial charge on any atom is 0.416 e. The van der Waals surface area contributed by atoms with Gasteiger partial charge in [-0.25, -0.2) is 23.5 Å². The Bertz CT molecular complexity index is 1610. The number of H-pyrrole nitrogens is 1. The van der Waals surface area contributed by atoms with Crippen LogP contribution in [-0.4, -0.2) is 55.6 Å². The molecule has 0 aliphatic rings. The van der Waals surface area contributed by atoms with Gasteiger partial charge in [0.15, 0.2) is 5.69 Å². The van der Waals surface area contributed by atoms with Crippen LogP contribution in [0.25, 0.3) is 22.7 Å². The van der Waals surface area contributed by atoms with Crippen molar-refractivity contribution in [3.63, 3.8) is 0 Å². The number of nitrogens with zero attached hydrogens (tertiary/aromatic N) is 4. The largest absolute Gasteiger partial charge is 0.444 e. The highest BCUT2D eigenvalue weighted by molar-refractivity contribution is 6.04. The number of amides is 2. The lowest BCUT2D eigenvalue weighted by molar-refractivity contribution is -0.119. The second kappa shape index (κ2) is 12.2. The van der Waals surface area contributed by atoms with E-state index in [1.807, 2.05) is 0 Å². The van der Waals surface area contributed by atoms with E-state index in [4.69, 9.17) is 9.15 Å². The molecule has 16 heteroatoms. The van der Waals surface area contributed by atoms with Gasteiger partial charge in [0.05, 0.1) is 24.2 Å². The molecule has 11 nitrogen and oxygen atoms in total. The highest BCUT2D eigenvalue weighted by Gasteiger charge is 2.36. The predicted molar refractivity (Wildman–Crippen MR) is 142 cm³/mol. The van der Waals surface area contributed by atoms with E-state index in [-0.39, 0.29) is 45.2 Å². The van der Waals surface area contributed by atoms with Crippen LogP contribution in [0.1, 0.15) is 48.8 Å². The molecule has 0 aliphatic heterocycles. The molecule has 3 N–H and O–H groups in total. The number of rotatable bonds is 8. The molecule has 228 valence electrons. The lowest BCUT2D eigenvalue weighted by atomic mass is 10.0. The number of oxazole rings is 1. The van der Waals surface area contributed by atoms with Gasteiger partial charge in [0.25, 0.3) is 12.3 Å². The van der Waals surface area contributed by atoms with Crippen molar-refractivity contribution in [2.45, 2.75) is 45.6 Å². The van der Waals surface area contributed by atoms with E-state index in [0.29, 0.717) is 4.90 Å². The number of pyridine rings is 1. The molecule has 3 heterocycles. The van der Waals surface area contributed by atoms with Gasteiger partial charge in [-0.1, -0.05) is 12.1 Å². The minimum absolute atomic E-state index is 0.0471. The second-order valence-corrected chi connectivity index (χ2v) is 10.1. The fourth-order valence-electron chi connectivity index (χ4n) is 3.83. The highest BCUT2D eigenvalue weighted by Crippen LogP contribution is 2.32. The zero-order valence-electron chi connectivity index (χ0n) is 22.9. The molecule has 0 atom stereocenters. The third-order valence-electron chi connectivity index (χ3n) is 5.68. The topological polar surface area (TPSA) is 146 Å². The maximum atomic E-state index is 13.5. The summed E-state index contributed by atoms with van der Waals surface area (Å²) in [7, 11) is 0. The summed E-state index contributed by atoms with van der Waals surface area (Å²) in [5.41, 5.74) is -0.954. The van der Waals surface area contributed by atoms with Crippen LogP contribution in [0.2, 0.25) is 0 Å². The number of benzene rings is 1. The third-order valence-corrected chi connectivity index (χ3v) is 5.68. The zero-order chi connectivity index (χ0) is 31.5. The number of aromatic nitrogens is 4. The van der Waals surface area contributed by atoms with Crippen LogP contribution < -0.4 is 10.2 Å². The molecular weight excluding hydrogens is 583 g/mol. The molecule has 4 rings (SSSR count). The predicted octanol–water partition coefficient (Wildman–Crippen LogP) is 6.11. The first-order valence-corrected chi connectivity index (χ1v) is 12.5. The van der Waals surface area contributed by atoms with E-state index in [9.17, 15) is 36.6 Å². The van der Waals surface area contributed by atoms with Crippen molar-refractivity contribution in [3.8, 4) is 22.7 Å². The Morgan fingerprint density at radius 2 is 1.88 bits per heavy atom. The molecule has 0 unspecified atom stereocenters. The second-order valence-electron chi connectivity index (χ2n) is 10.1. The van der Waals surface area contributed by atoms with Crippen LogP contribution in [0.5, 0.6) is 0 Å². The number of nitrogens with one attached hydrogen (secondary N) is 2. The number of ether oxygens (including phenoxy) is 1. The van der Waals surface area contributed by atoms with Gasteiger partial charge >= 0.3 is 12.3 Å². The maximum absolute atomic E-state index is 13.5. The molecule has 0 spiro atoms. The number of aliphatic hydroxyl groups is 1. The average Bonchev–Trinajstić information content (AvgIpc) is 3.60. The van der Waals surface area contributed by atoms with Crippen LogP contribution >= 0.6 is 0 Å². The van der Waals surface area contributed by atoms with E-state index in [0.717, 1.165) is 24.6 Å². The fourth-order valence-corrected chi connectivity index (χ4v) is 3.83. The SMILES string of the molecule is CC(C)(C)OC(=O)N(CC(F)(F)F)c1cc(-c2nc(C(=O)Nc3cn[nH]c3-c3ccc(CO)c(C(F)F)c3)co2)ccn1. The van der Waals surface area contributed by atoms with Crippen molar-refractivity contribution in [1.29, 1.82) is 0 Å². The molecule has 0 fully saturated rings. The third kappa shape index (κ3) is 7.71. The number of alkyl halides is 5. The number of aromatic amines is 1. The Balaban J connectivity index is 1.56. The monoisotopic (exact) mass is 608 g/mol. The summed E-state index contributed by atoms with van der Waals surface area (Å²) in [6, 6.07) is 6.43. The lowest BCUT2D eigenvalue weighted by Gasteiger charge is -2.27. The van der Waals surface area contributed by atoms with Gasteiger partial charge in [0, 0.05) is 22.9 Å². The molecule has 4 aromatic rings. The zero-order valence-corrected chi connectivity index (χ0v) is 22.9. The van der Waals surface area contributed by atoms with Gasteiger partial charge in [0.1, 0.15) is 24.2 Å². The first kappa shape index (κ1) is 31.1. The summed E-state index contributed by atoms with van der Waals surface area (Å²) in [6.45, 7) is 2.24. The number of hydrogen-bond donors (Lipinski definition) is 3. The Morgan fingerprint density at radius 3 is 2.53 bits per heavy atom. The van der Waals surface area contributed by atoms with E-state index < -0.39 is 49.2 Å². The Kier molecular flexibility index (Phi) is 8.80. The molecule has 43 heavy (non-hydrogen) atoms. The van der Waals surface area contributed by atoms with Gasteiger partial charge < -0.3 is 19.6 Å². The van der Waals surface area contributed by atoms with Crippen molar-refractivity contribution in [2.24, 2.45) is 0 Å². The van der Waals surface area contributed by atoms with E-state index in [1.165, 1.54) is 45.2 Å². The summed E-state index contributed by atoms with van der Waals surface area (Å²) in [6.07, 6.45) is -5.51. The molecule has 0 bridgehead atoms. The van der Waals surface area contributed by atoms with Gasteiger partial charge in [-0.2, -0.15) is 18.3 Å². The minimum Gasteiger partial charge on any atom is -0.444 e. The van der Waals surface area contributed by atoms with Crippen LogP contribution in [0.3, 0.4) is 0 Å². The van der Waals surface area contributed by atoms with E-state index in [2.05, 4.69) is 25.5 Å². The van der Waals surface area contributed by atoms with Crippen LogP contribution in [0.15, 0.2) is 53.4 Å². The number of aliphatic hydroxyl groups excluding tert-OH is 1. The smallest absolute Gasteiger partial charge is 0.416 e. The Morgan fingerprint density at radius 1 is 1.14 bits per heavy atom. The first-order valence-electron chi connectivity index (χ1n) is 12.5. The number of hydrogen-bond acceptors (Lipinski definition) is 8. The van der Waals surface area contributed by atoms with Gasteiger partial charge in [-0.05, 0) is 44.5 Å². The normalized spacial score (nSPS) is 12.0. The average molecular weight is 609 g/mol. The standard InChI is InChI=1S/C27H25F5N6O5/c1-26(2,3)43-25(41)38(13-27(30,31)32)20-9-15(6-7-33-20)24-36-19(12-42-24)23(40)35-18-10-34-37-21(18)14-4-5-16(11-39)17(8-14)22(28)29/h4-10,12,22,39H,11,13H2,1-3H3,(H,34,37)(H,35,40). The summed E-state index contributed by atoms with van der Waals surface area (Å²) in [5, 5.41) is 18.3. The molecule has 0 saturated carbocycles. The molecule has 0 aliphatic carbocycles. The highest BCUT2D eigenvalue weighted by atomic mass is 19.4. The van der Waals surface area contributed by atoms with Crippen molar-refractivity contribution in [1.82, 2.24) is 20.2 Å². The van der Waals surface area contributed by atoms with Crippen molar-refractivity contribution < 1.29 is 45.8 Å². The van der Waals surface area contributed by atoms with Crippen molar-refractivity contribution in [2.75, 3.05) is 16.8 Å². The Hall–Kier alpha value is -4.86. The fraction of sp³-hybridized carbons (Fsp3) is 0.296. The molecule has 3 aromatic heterocycles.